The normalized spacial score (nSPS) is 10.7. The van der Waals surface area contributed by atoms with Gasteiger partial charge in [0.15, 0.2) is 0 Å². The van der Waals surface area contributed by atoms with Crippen molar-refractivity contribution >= 4 is 11.4 Å². The number of pyridine rings is 1. The van der Waals surface area contributed by atoms with Crippen LogP contribution in [0, 0.1) is 29.3 Å². The van der Waals surface area contributed by atoms with Gasteiger partial charge in [-0.25, -0.2) is 4.39 Å². The summed E-state index contributed by atoms with van der Waals surface area (Å²) in [6, 6.07) is 4.81. The van der Waals surface area contributed by atoms with Crippen molar-refractivity contribution in [1.82, 2.24) is 4.98 Å². The number of hydrogen-bond acceptors (Lipinski definition) is 2. The van der Waals surface area contributed by atoms with E-state index in [1.165, 1.54) is 19.1 Å². The molecule has 0 spiro atoms. The molecule has 2 aromatic rings. The van der Waals surface area contributed by atoms with Crippen molar-refractivity contribution in [2.24, 2.45) is 0 Å². The van der Waals surface area contributed by atoms with Crippen molar-refractivity contribution in [2.75, 3.05) is 11.4 Å². The number of halogens is 5. The fourth-order valence-electron chi connectivity index (χ4n) is 1.83. The molecule has 20 heavy (non-hydrogen) atoms. The maximum atomic E-state index is 13.7. The van der Waals surface area contributed by atoms with Crippen molar-refractivity contribution in [2.45, 2.75) is 6.92 Å². The van der Waals surface area contributed by atoms with E-state index in [4.69, 9.17) is 0 Å². The van der Waals surface area contributed by atoms with Gasteiger partial charge in [0.05, 0.1) is 0 Å². The van der Waals surface area contributed by atoms with E-state index in [9.17, 15) is 22.0 Å². The molecule has 0 saturated heterocycles. The number of benzene rings is 1. The number of rotatable bonds is 3. The first-order valence-corrected chi connectivity index (χ1v) is 5.68. The average molecular weight is 288 g/mol. The van der Waals surface area contributed by atoms with Crippen LogP contribution in [-0.4, -0.2) is 11.5 Å². The second-order valence-corrected chi connectivity index (χ2v) is 3.89. The van der Waals surface area contributed by atoms with Crippen LogP contribution >= 0.6 is 0 Å². The van der Waals surface area contributed by atoms with Crippen molar-refractivity contribution < 1.29 is 22.0 Å². The Balaban J connectivity index is 2.64. The summed E-state index contributed by atoms with van der Waals surface area (Å²) in [6.07, 6.45) is 0. The molecular weight excluding hydrogens is 279 g/mol. The molecule has 1 aromatic heterocycles. The van der Waals surface area contributed by atoms with Gasteiger partial charge in [0.25, 0.3) is 11.9 Å². The quantitative estimate of drug-likeness (QED) is 0.628. The van der Waals surface area contributed by atoms with E-state index < -0.39 is 35.0 Å². The molecule has 106 valence electrons. The zero-order valence-corrected chi connectivity index (χ0v) is 10.3. The van der Waals surface area contributed by atoms with Crippen LogP contribution in [0.5, 0.6) is 0 Å². The Morgan fingerprint density at radius 3 is 2.10 bits per heavy atom. The smallest absolute Gasteiger partial charge is 0.253 e. The summed E-state index contributed by atoms with van der Waals surface area (Å²) in [7, 11) is 0. The van der Waals surface area contributed by atoms with Gasteiger partial charge in [-0.15, -0.1) is 0 Å². The fourth-order valence-corrected chi connectivity index (χ4v) is 1.83. The predicted octanol–water partition coefficient (Wildman–Crippen LogP) is 3.94. The highest BCUT2D eigenvalue weighted by Crippen LogP contribution is 2.32. The van der Waals surface area contributed by atoms with Crippen molar-refractivity contribution in [3.05, 3.63) is 53.6 Å². The SMILES string of the molecule is CCN(c1cccc(F)c1)c1c(F)c(F)nc(F)c1F. The van der Waals surface area contributed by atoms with Gasteiger partial charge in [-0.1, -0.05) is 6.07 Å². The maximum Gasteiger partial charge on any atom is 0.253 e. The molecule has 0 atom stereocenters. The summed E-state index contributed by atoms with van der Waals surface area (Å²) in [6.45, 7) is 1.47. The van der Waals surface area contributed by atoms with Gasteiger partial charge in [0.1, 0.15) is 11.5 Å². The zero-order chi connectivity index (χ0) is 14.9. The Hall–Kier alpha value is -2.18. The largest absolute Gasteiger partial charge is 0.337 e. The molecular formula is C13H9F5N2. The summed E-state index contributed by atoms with van der Waals surface area (Å²) in [5, 5.41) is 0. The molecule has 0 amide bonds. The first kappa shape index (κ1) is 14.2. The standard InChI is InChI=1S/C13H9F5N2/c1-2-20(8-5-3-4-7(14)6-8)11-9(15)12(17)19-13(18)10(11)16/h3-6H,2H2,1H3. The monoisotopic (exact) mass is 288 g/mol. The van der Waals surface area contributed by atoms with Crippen molar-refractivity contribution in [3.8, 4) is 0 Å². The molecule has 0 fully saturated rings. The molecule has 0 radical (unpaired) electrons. The Labute approximate surface area is 111 Å². The molecule has 0 N–H and O–H groups in total. The number of hydrogen-bond donors (Lipinski definition) is 0. The van der Waals surface area contributed by atoms with E-state index in [-0.39, 0.29) is 12.2 Å². The van der Waals surface area contributed by atoms with Crippen LogP contribution in [0.15, 0.2) is 24.3 Å². The summed E-state index contributed by atoms with van der Waals surface area (Å²) in [5.41, 5.74) is -0.876. The van der Waals surface area contributed by atoms with Gasteiger partial charge < -0.3 is 4.90 Å². The lowest BCUT2D eigenvalue weighted by atomic mass is 10.2. The van der Waals surface area contributed by atoms with Crippen LogP contribution in [0.4, 0.5) is 33.3 Å². The third-order valence-corrected chi connectivity index (χ3v) is 2.68. The molecule has 2 rings (SSSR count). The third-order valence-electron chi connectivity index (χ3n) is 2.68. The lowest BCUT2D eigenvalue weighted by Crippen LogP contribution is -2.21. The highest BCUT2D eigenvalue weighted by Gasteiger charge is 2.25. The second-order valence-electron chi connectivity index (χ2n) is 3.89. The summed E-state index contributed by atoms with van der Waals surface area (Å²) in [4.78, 5) is 3.40. The minimum Gasteiger partial charge on any atom is -0.337 e. The molecule has 1 heterocycles. The zero-order valence-electron chi connectivity index (χ0n) is 10.3. The lowest BCUT2D eigenvalue weighted by molar-refractivity contribution is 0.408. The topological polar surface area (TPSA) is 16.1 Å². The van der Waals surface area contributed by atoms with E-state index in [2.05, 4.69) is 4.98 Å². The minimum atomic E-state index is -1.76. The molecule has 2 nitrogen and oxygen atoms in total. The Bertz CT molecular complexity index is 619. The summed E-state index contributed by atoms with van der Waals surface area (Å²) >= 11 is 0. The number of anilines is 2. The first-order valence-electron chi connectivity index (χ1n) is 5.68. The van der Waals surface area contributed by atoms with Crippen LogP contribution in [0.2, 0.25) is 0 Å². The summed E-state index contributed by atoms with van der Waals surface area (Å²) in [5.74, 6) is -7.41. The van der Waals surface area contributed by atoms with Gasteiger partial charge >= 0.3 is 0 Å². The molecule has 1 aromatic carbocycles. The van der Waals surface area contributed by atoms with Gasteiger partial charge in [-0.2, -0.15) is 22.5 Å². The highest BCUT2D eigenvalue weighted by molar-refractivity contribution is 5.64. The number of aromatic nitrogens is 1. The van der Waals surface area contributed by atoms with Crippen LogP contribution in [-0.2, 0) is 0 Å². The summed E-state index contributed by atoms with van der Waals surface area (Å²) < 4.78 is 66.8. The van der Waals surface area contributed by atoms with Crippen molar-refractivity contribution in [1.29, 1.82) is 0 Å². The molecule has 0 unspecified atom stereocenters. The fraction of sp³-hybridized carbons (Fsp3) is 0.154. The van der Waals surface area contributed by atoms with Crippen LogP contribution < -0.4 is 4.90 Å². The first-order chi connectivity index (χ1) is 9.45. The lowest BCUT2D eigenvalue weighted by Gasteiger charge is -2.24. The van der Waals surface area contributed by atoms with E-state index in [1.807, 2.05) is 0 Å². The van der Waals surface area contributed by atoms with E-state index in [0.29, 0.717) is 0 Å². The van der Waals surface area contributed by atoms with Crippen molar-refractivity contribution in [3.63, 3.8) is 0 Å². The van der Waals surface area contributed by atoms with Gasteiger partial charge in [-0.3, -0.25) is 0 Å². The van der Waals surface area contributed by atoms with E-state index in [0.717, 1.165) is 17.0 Å². The molecule has 0 aliphatic carbocycles. The molecule has 0 aliphatic rings. The van der Waals surface area contributed by atoms with Crippen LogP contribution in [0.3, 0.4) is 0 Å². The van der Waals surface area contributed by atoms with Crippen LogP contribution in [0.1, 0.15) is 6.92 Å². The molecule has 0 bridgehead atoms. The third kappa shape index (κ3) is 2.43. The van der Waals surface area contributed by atoms with Crippen LogP contribution in [0.25, 0.3) is 0 Å². The van der Waals surface area contributed by atoms with E-state index in [1.54, 1.807) is 0 Å². The minimum absolute atomic E-state index is 0.0276. The second kappa shape index (κ2) is 5.44. The highest BCUT2D eigenvalue weighted by atomic mass is 19.2. The Morgan fingerprint density at radius 2 is 1.60 bits per heavy atom. The Morgan fingerprint density at radius 1 is 1.00 bits per heavy atom. The molecule has 7 heteroatoms. The molecule has 0 saturated carbocycles. The predicted molar refractivity (Wildman–Crippen MR) is 63.1 cm³/mol. The van der Waals surface area contributed by atoms with E-state index >= 15 is 0 Å². The van der Waals surface area contributed by atoms with Gasteiger partial charge in [-0.05, 0) is 25.1 Å². The number of nitrogens with zero attached hydrogens (tertiary/aromatic N) is 2. The Kier molecular flexibility index (Phi) is 3.87. The average Bonchev–Trinajstić information content (AvgIpc) is 2.41. The molecule has 0 aliphatic heterocycles. The van der Waals surface area contributed by atoms with Gasteiger partial charge in [0, 0.05) is 12.2 Å². The van der Waals surface area contributed by atoms with Gasteiger partial charge in [0.2, 0.25) is 11.6 Å². The maximum absolute atomic E-state index is 13.7.